The Morgan fingerprint density at radius 1 is 1.50 bits per heavy atom. The third kappa shape index (κ3) is 2.62. The van der Waals surface area contributed by atoms with E-state index in [0.717, 1.165) is 0 Å². The minimum absolute atomic E-state index is 0.0316. The van der Waals surface area contributed by atoms with Gasteiger partial charge in [0, 0.05) is 0 Å². The number of halogens is 1. The number of hydrogen-bond donors (Lipinski definition) is 0. The molecule has 0 atom stereocenters. The van der Waals surface area contributed by atoms with Gasteiger partial charge in [0.05, 0.1) is 11.3 Å². The van der Waals surface area contributed by atoms with Crippen LogP contribution in [0.3, 0.4) is 0 Å². The Morgan fingerprint density at radius 3 is 2.79 bits per heavy atom. The van der Waals surface area contributed by atoms with Crippen molar-refractivity contribution in [3.63, 3.8) is 0 Å². The molecule has 0 spiro atoms. The molecule has 0 saturated heterocycles. The second kappa shape index (κ2) is 4.84. The molecule has 2 nitrogen and oxygen atoms in total. The fraction of sp³-hybridized carbons (Fsp3) is 0.300. The molecule has 0 aromatic heterocycles. The van der Waals surface area contributed by atoms with Gasteiger partial charge in [0.25, 0.3) is 0 Å². The minimum Gasteiger partial charge on any atom is -0.489 e. The minimum atomic E-state index is -0.458. The Balaban J connectivity index is 3.14. The van der Waals surface area contributed by atoms with Gasteiger partial charge >= 0.3 is 0 Å². The summed E-state index contributed by atoms with van der Waals surface area (Å²) in [6, 6.07) is 4.52. The molecule has 0 aliphatic rings. The van der Waals surface area contributed by atoms with E-state index in [-0.39, 0.29) is 11.8 Å². The van der Waals surface area contributed by atoms with Crippen LogP contribution in [-0.4, -0.2) is 11.3 Å². The highest BCUT2D eigenvalue weighted by Crippen LogP contribution is 2.30. The summed E-state index contributed by atoms with van der Waals surface area (Å²) < 4.78 is 18.6. The van der Waals surface area contributed by atoms with E-state index in [1.165, 1.54) is 6.07 Å². The molecule has 0 N–H and O–H groups in total. The van der Waals surface area contributed by atoms with E-state index in [1.807, 2.05) is 13.8 Å². The van der Waals surface area contributed by atoms with Gasteiger partial charge in [-0.3, -0.25) is 0 Å². The van der Waals surface area contributed by atoms with E-state index < -0.39 is 5.82 Å². The molecule has 0 radical (unpaired) electrons. The lowest BCUT2D eigenvalue weighted by molar-refractivity contribution is 0.242. The van der Waals surface area contributed by atoms with Crippen LogP contribution in [0.5, 0.6) is 5.75 Å². The van der Waals surface area contributed by atoms with Crippen molar-refractivity contribution >= 4 is 23.1 Å². The molecule has 1 aromatic carbocycles. The summed E-state index contributed by atoms with van der Waals surface area (Å²) in [5.74, 6) is -0.0714. The molecular weight excluding hydrogens is 201 g/mol. The summed E-state index contributed by atoms with van der Waals surface area (Å²) in [4.78, 5) is 3.62. The van der Waals surface area contributed by atoms with E-state index in [2.05, 4.69) is 22.4 Å². The summed E-state index contributed by atoms with van der Waals surface area (Å²) in [6.45, 7) is 3.71. The molecule has 1 aromatic rings. The van der Waals surface area contributed by atoms with Crippen LogP contribution >= 0.6 is 12.2 Å². The van der Waals surface area contributed by atoms with Crippen LogP contribution in [0.25, 0.3) is 0 Å². The molecule has 1 rings (SSSR count). The highest BCUT2D eigenvalue weighted by atomic mass is 32.1. The number of hydrogen-bond acceptors (Lipinski definition) is 3. The molecule has 0 aliphatic heterocycles. The first kappa shape index (κ1) is 10.8. The van der Waals surface area contributed by atoms with Crippen molar-refractivity contribution in [2.45, 2.75) is 20.0 Å². The molecule has 0 fully saturated rings. The van der Waals surface area contributed by atoms with Crippen LogP contribution in [0.15, 0.2) is 23.2 Å². The molecule has 0 unspecified atom stereocenters. The van der Waals surface area contributed by atoms with E-state index >= 15 is 0 Å². The zero-order valence-corrected chi connectivity index (χ0v) is 8.77. The molecule has 0 saturated carbocycles. The number of isothiocyanates is 1. The van der Waals surface area contributed by atoms with E-state index in [1.54, 1.807) is 12.1 Å². The number of nitrogens with zero attached hydrogens (tertiary/aromatic N) is 1. The van der Waals surface area contributed by atoms with Crippen LogP contribution < -0.4 is 4.74 Å². The van der Waals surface area contributed by atoms with Crippen LogP contribution in [0.4, 0.5) is 10.1 Å². The van der Waals surface area contributed by atoms with Crippen molar-refractivity contribution in [1.82, 2.24) is 0 Å². The maximum Gasteiger partial charge on any atom is 0.153 e. The summed E-state index contributed by atoms with van der Waals surface area (Å²) in [5, 5.41) is 2.13. The predicted molar refractivity (Wildman–Crippen MR) is 56.9 cm³/mol. The average Bonchev–Trinajstić information content (AvgIpc) is 2.10. The maximum atomic E-state index is 13.2. The van der Waals surface area contributed by atoms with Gasteiger partial charge < -0.3 is 4.74 Å². The lowest BCUT2D eigenvalue weighted by atomic mass is 10.3. The van der Waals surface area contributed by atoms with Crippen molar-refractivity contribution in [2.24, 2.45) is 4.99 Å². The second-order valence-electron chi connectivity index (χ2n) is 2.96. The van der Waals surface area contributed by atoms with Gasteiger partial charge in [-0.25, -0.2) is 4.39 Å². The Bertz CT molecular complexity index is 372. The number of para-hydroxylation sites is 1. The first-order valence-electron chi connectivity index (χ1n) is 4.18. The molecule has 14 heavy (non-hydrogen) atoms. The predicted octanol–water partition coefficient (Wildman–Crippen LogP) is 3.35. The van der Waals surface area contributed by atoms with Crippen molar-refractivity contribution in [3.8, 4) is 5.75 Å². The molecule has 0 bridgehead atoms. The van der Waals surface area contributed by atoms with Gasteiger partial charge in [0.15, 0.2) is 11.5 Å². The number of rotatable bonds is 3. The SMILES string of the molecule is CC(C)Oc1cccc(F)c1N=C=S. The lowest BCUT2D eigenvalue weighted by Gasteiger charge is -2.11. The van der Waals surface area contributed by atoms with Gasteiger partial charge in [-0.05, 0) is 38.2 Å². The van der Waals surface area contributed by atoms with E-state index in [9.17, 15) is 4.39 Å². The Labute approximate surface area is 87.4 Å². The number of benzene rings is 1. The lowest BCUT2D eigenvalue weighted by Crippen LogP contribution is -2.05. The number of thiocarbonyl (C=S) groups is 1. The largest absolute Gasteiger partial charge is 0.489 e. The zero-order chi connectivity index (χ0) is 10.6. The third-order valence-electron chi connectivity index (χ3n) is 1.47. The van der Waals surface area contributed by atoms with Crippen LogP contribution in [0.2, 0.25) is 0 Å². The summed E-state index contributed by atoms with van der Waals surface area (Å²) in [7, 11) is 0. The summed E-state index contributed by atoms with van der Waals surface area (Å²) in [5.41, 5.74) is 0.108. The normalized spacial score (nSPS) is 9.71. The van der Waals surface area contributed by atoms with Gasteiger partial charge in [0.2, 0.25) is 0 Å². The molecule has 0 heterocycles. The highest BCUT2D eigenvalue weighted by Gasteiger charge is 2.09. The quantitative estimate of drug-likeness (QED) is 0.565. The van der Waals surface area contributed by atoms with Crippen molar-refractivity contribution in [3.05, 3.63) is 24.0 Å². The molecule has 0 amide bonds. The van der Waals surface area contributed by atoms with Crippen LogP contribution in [-0.2, 0) is 0 Å². The Kier molecular flexibility index (Phi) is 3.74. The number of ether oxygens (including phenoxy) is 1. The average molecular weight is 211 g/mol. The molecular formula is C10H10FNOS. The van der Waals surface area contributed by atoms with Crippen molar-refractivity contribution in [2.75, 3.05) is 0 Å². The van der Waals surface area contributed by atoms with Crippen molar-refractivity contribution < 1.29 is 9.13 Å². The van der Waals surface area contributed by atoms with Gasteiger partial charge in [-0.15, -0.1) is 0 Å². The van der Waals surface area contributed by atoms with Crippen LogP contribution in [0.1, 0.15) is 13.8 Å². The van der Waals surface area contributed by atoms with Gasteiger partial charge in [-0.1, -0.05) is 6.07 Å². The molecule has 0 aliphatic carbocycles. The first-order chi connectivity index (χ1) is 6.65. The van der Waals surface area contributed by atoms with E-state index in [0.29, 0.717) is 5.75 Å². The standard InChI is InChI=1S/C10H10FNOS/c1-7(2)13-9-5-3-4-8(11)10(9)12-6-14/h3-5,7H,1-2H3. The van der Waals surface area contributed by atoms with Crippen molar-refractivity contribution in [1.29, 1.82) is 0 Å². The maximum absolute atomic E-state index is 13.2. The fourth-order valence-corrected chi connectivity index (χ4v) is 1.09. The number of aliphatic imine (C=N–C) groups is 1. The van der Waals surface area contributed by atoms with E-state index in [4.69, 9.17) is 4.74 Å². The molecule has 4 heteroatoms. The first-order valence-corrected chi connectivity index (χ1v) is 4.59. The third-order valence-corrected chi connectivity index (χ3v) is 1.56. The zero-order valence-electron chi connectivity index (χ0n) is 7.95. The topological polar surface area (TPSA) is 21.6 Å². The summed E-state index contributed by atoms with van der Waals surface area (Å²) >= 11 is 4.43. The highest BCUT2D eigenvalue weighted by molar-refractivity contribution is 7.78. The molecule has 74 valence electrons. The summed E-state index contributed by atoms with van der Waals surface area (Å²) in [6.07, 6.45) is -0.0316. The fourth-order valence-electron chi connectivity index (χ4n) is 0.999. The Morgan fingerprint density at radius 2 is 2.21 bits per heavy atom. The Hall–Kier alpha value is -1.25. The monoisotopic (exact) mass is 211 g/mol. The van der Waals surface area contributed by atoms with Gasteiger partial charge in [-0.2, -0.15) is 4.99 Å². The van der Waals surface area contributed by atoms with Gasteiger partial charge in [0.1, 0.15) is 5.75 Å². The smallest absolute Gasteiger partial charge is 0.153 e. The van der Waals surface area contributed by atoms with Crippen LogP contribution in [0, 0.1) is 5.82 Å². The second-order valence-corrected chi connectivity index (χ2v) is 3.14.